The van der Waals surface area contributed by atoms with E-state index in [2.05, 4.69) is 36.5 Å². The third-order valence-electron chi connectivity index (χ3n) is 4.45. The second kappa shape index (κ2) is 8.70. The number of aryl methyl sites for hydroxylation is 1. The third kappa shape index (κ3) is 5.08. The van der Waals surface area contributed by atoms with Gasteiger partial charge in [0.2, 0.25) is 11.8 Å². The van der Waals surface area contributed by atoms with Crippen LogP contribution in [0.2, 0.25) is 0 Å². The number of carbonyl (C=O) groups excluding carboxylic acids is 2. The maximum atomic E-state index is 12.6. The molecule has 1 saturated heterocycles. The molecule has 0 radical (unpaired) electrons. The third-order valence-corrected chi connectivity index (χ3v) is 4.45. The average molecular weight is 316 g/mol. The van der Waals surface area contributed by atoms with E-state index in [-0.39, 0.29) is 17.9 Å². The molecule has 0 spiro atoms. The Morgan fingerprint density at radius 2 is 1.91 bits per heavy atom. The summed E-state index contributed by atoms with van der Waals surface area (Å²) in [5.74, 6) is 0.216. The number of piperidine rings is 1. The number of rotatable bonds is 6. The Bertz CT molecular complexity index is 525. The fourth-order valence-electron chi connectivity index (χ4n) is 3.19. The van der Waals surface area contributed by atoms with Crippen molar-refractivity contribution in [1.82, 2.24) is 10.2 Å². The van der Waals surface area contributed by atoms with Gasteiger partial charge >= 0.3 is 0 Å². The van der Waals surface area contributed by atoms with E-state index in [0.29, 0.717) is 25.8 Å². The number of hydrogen-bond donors (Lipinski definition) is 1. The maximum Gasteiger partial charge on any atom is 0.223 e. The van der Waals surface area contributed by atoms with E-state index >= 15 is 0 Å². The molecule has 126 valence electrons. The summed E-state index contributed by atoms with van der Waals surface area (Å²) >= 11 is 0. The van der Waals surface area contributed by atoms with Gasteiger partial charge < -0.3 is 10.2 Å². The summed E-state index contributed by atoms with van der Waals surface area (Å²) in [6.45, 7) is 5.46. The molecule has 4 nitrogen and oxygen atoms in total. The van der Waals surface area contributed by atoms with Crippen molar-refractivity contribution < 1.29 is 9.59 Å². The quantitative estimate of drug-likeness (QED) is 0.875. The zero-order valence-corrected chi connectivity index (χ0v) is 14.3. The van der Waals surface area contributed by atoms with Crippen molar-refractivity contribution in [2.75, 3.05) is 13.1 Å². The molecular weight excluding hydrogens is 288 g/mol. The van der Waals surface area contributed by atoms with Crippen LogP contribution in [-0.2, 0) is 9.59 Å². The second-order valence-corrected chi connectivity index (χ2v) is 6.32. The molecule has 4 heteroatoms. The Hall–Kier alpha value is -1.84. The first-order chi connectivity index (χ1) is 11.1. The number of benzene rings is 1. The van der Waals surface area contributed by atoms with Crippen molar-refractivity contribution in [3.8, 4) is 0 Å². The molecule has 2 rings (SSSR count). The largest absolute Gasteiger partial charge is 0.356 e. The fourth-order valence-corrected chi connectivity index (χ4v) is 3.19. The first kappa shape index (κ1) is 17.5. The van der Waals surface area contributed by atoms with Gasteiger partial charge in [0.15, 0.2) is 0 Å². The lowest BCUT2D eigenvalue weighted by atomic mass is 9.94. The van der Waals surface area contributed by atoms with E-state index in [9.17, 15) is 9.59 Å². The molecule has 23 heavy (non-hydrogen) atoms. The van der Waals surface area contributed by atoms with Gasteiger partial charge in [-0.3, -0.25) is 9.59 Å². The standard InChI is InChI=1S/C19H28N2O2/c1-3-20-18(22)8-6-9-19(23)21-14-5-4-7-17(21)16-12-10-15(2)11-13-16/h10-13,17H,3-9,14H2,1-2H3,(H,20,22)/t17-/m1/s1. The minimum Gasteiger partial charge on any atom is -0.356 e. The number of likely N-dealkylation sites (tertiary alicyclic amines) is 1. The molecule has 0 aliphatic carbocycles. The van der Waals surface area contributed by atoms with Crippen LogP contribution in [-0.4, -0.2) is 29.8 Å². The Morgan fingerprint density at radius 3 is 2.61 bits per heavy atom. The predicted molar refractivity (Wildman–Crippen MR) is 92.0 cm³/mol. The highest BCUT2D eigenvalue weighted by Crippen LogP contribution is 2.31. The van der Waals surface area contributed by atoms with Gasteiger partial charge in [-0.25, -0.2) is 0 Å². The van der Waals surface area contributed by atoms with Crippen LogP contribution in [0.3, 0.4) is 0 Å². The monoisotopic (exact) mass is 316 g/mol. The average Bonchev–Trinajstić information content (AvgIpc) is 2.56. The van der Waals surface area contributed by atoms with Gasteiger partial charge in [0.1, 0.15) is 0 Å². The van der Waals surface area contributed by atoms with E-state index in [1.807, 2.05) is 11.8 Å². The molecule has 1 aliphatic heterocycles. The summed E-state index contributed by atoms with van der Waals surface area (Å²) in [7, 11) is 0. The highest BCUT2D eigenvalue weighted by molar-refractivity contribution is 5.79. The first-order valence-electron chi connectivity index (χ1n) is 8.74. The number of hydrogen-bond acceptors (Lipinski definition) is 2. The molecule has 1 aromatic rings. The molecule has 1 fully saturated rings. The zero-order valence-electron chi connectivity index (χ0n) is 14.3. The lowest BCUT2D eigenvalue weighted by Crippen LogP contribution is -2.38. The van der Waals surface area contributed by atoms with Crippen LogP contribution in [0.15, 0.2) is 24.3 Å². The highest BCUT2D eigenvalue weighted by atomic mass is 16.2. The Morgan fingerprint density at radius 1 is 1.17 bits per heavy atom. The van der Waals surface area contributed by atoms with Crippen molar-refractivity contribution in [3.05, 3.63) is 35.4 Å². The summed E-state index contributed by atoms with van der Waals surface area (Å²) in [6.07, 6.45) is 4.79. The van der Waals surface area contributed by atoms with E-state index < -0.39 is 0 Å². The molecule has 0 unspecified atom stereocenters. The van der Waals surface area contributed by atoms with Crippen LogP contribution in [0.5, 0.6) is 0 Å². The SMILES string of the molecule is CCNC(=O)CCCC(=O)N1CCCC[C@@H]1c1ccc(C)cc1. The molecule has 1 heterocycles. The lowest BCUT2D eigenvalue weighted by Gasteiger charge is -2.36. The van der Waals surface area contributed by atoms with Crippen LogP contribution in [0.4, 0.5) is 0 Å². The van der Waals surface area contributed by atoms with Crippen molar-refractivity contribution in [2.24, 2.45) is 0 Å². The van der Waals surface area contributed by atoms with Crippen LogP contribution in [0.25, 0.3) is 0 Å². The van der Waals surface area contributed by atoms with Gasteiger partial charge in [-0.05, 0) is 45.1 Å². The second-order valence-electron chi connectivity index (χ2n) is 6.32. The molecular formula is C19H28N2O2. The number of amides is 2. The number of nitrogens with zero attached hydrogens (tertiary/aromatic N) is 1. The number of carbonyl (C=O) groups is 2. The normalized spacial score (nSPS) is 17.8. The Balaban J connectivity index is 1.93. The van der Waals surface area contributed by atoms with Crippen molar-refractivity contribution in [3.63, 3.8) is 0 Å². The fraction of sp³-hybridized carbons (Fsp3) is 0.579. The van der Waals surface area contributed by atoms with E-state index in [1.54, 1.807) is 0 Å². The van der Waals surface area contributed by atoms with Crippen molar-refractivity contribution in [2.45, 2.75) is 58.4 Å². The summed E-state index contributed by atoms with van der Waals surface area (Å²) in [6, 6.07) is 8.70. The molecule has 1 aromatic carbocycles. The molecule has 0 bridgehead atoms. The zero-order chi connectivity index (χ0) is 16.7. The maximum absolute atomic E-state index is 12.6. The molecule has 2 amide bonds. The van der Waals surface area contributed by atoms with Crippen molar-refractivity contribution >= 4 is 11.8 Å². The Kier molecular flexibility index (Phi) is 6.63. The predicted octanol–water partition coefficient (Wildman–Crippen LogP) is 3.36. The van der Waals surface area contributed by atoms with Gasteiger partial charge in [-0.2, -0.15) is 0 Å². The van der Waals surface area contributed by atoms with Crippen LogP contribution in [0.1, 0.15) is 62.6 Å². The molecule has 0 aromatic heterocycles. The molecule has 1 N–H and O–H groups in total. The van der Waals surface area contributed by atoms with Gasteiger partial charge in [-0.15, -0.1) is 0 Å². The van der Waals surface area contributed by atoms with Crippen LogP contribution >= 0.6 is 0 Å². The van der Waals surface area contributed by atoms with Gasteiger partial charge in [0.25, 0.3) is 0 Å². The van der Waals surface area contributed by atoms with Crippen molar-refractivity contribution in [1.29, 1.82) is 0 Å². The van der Waals surface area contributed by atoms with E-state index in [0.717, 1.165) is 19.4 Å². The van der Waals surface area contributed by atoms with Crippen LogP contribution in [0, 0.1) is 6.92 Å². The molecule has 0 saturated carbocycles. The molecule has 1 atom stereocenters. The summed E-state index contributed by atoms with van der Waals surface area (Å²) in [4.78, 5) is 26.1. The summed E-state index contributed by atoms with van der Waals surface area (Å²) in [5.41, 5.74) is 2.47. The summed E-state index contributed by atoms with van der Waals surface area (Å²) in [5, 5.41) is 2.77. The number of nitrogens with one attached hydrogen (secondary N) is 1. The van der Waals surface area contributed by atoms with E-state index in [1.165, 1.54) is 17.5 Å². The minimum absolute atomic E-state index is 0.0361. The van der Waals surface area contributed by atoms with E-state index in [4.69, 9.17) is 0 Å². The van der Waals surface area contributed by atoms with Gasteiger partial charge in [0.05, 0.1) is 6.04 Å². The summed E-state index contributed by atoms with van der Waals surface area (Å²) < 4.78 is 0. The first-order valence-corrected chi connectivity index (χ1v) is 8.74. The topological polar surface area (TPSA) is 49.4 Å². The smallest absolute Gasteiger partial charge is 0.223 e. The molecule has 1 aliphatic rings. The van der Waals surface area contributed by atoms with Crippen LogP contribution < -0.4 is 5.32 Å². The Labute approximate surface area is 139 Å². The highest BCUT2D eigenvalue weighted by Gasteiger charge is 2.27. The minimum atomic E-state index is 0.0361. The van der Waals surface area contributed by atoms with Gasteiger partial charge in [-0.1, -0.05) is 29.8 Å². The van der Waals surface area contributed by atoms with Gasteiger partial charge in [0, 0.05) is 25.9 Å². The lowest BCUT2D eigenvalue weighted by molar-refractivity contribution is -0.135.